The smallest absolute Gasteiger partial charge is 0.255 e. The summed E-state index contributed by atoms with van der Waals surface area (Å²) in [4.78, 5) is 30.7. The van der Waals surface area contributed by atoms with E-state index in [0.717, 1.165) is 27.8 Å². The van der Waals surface area contributed by atoms with Crippen molar-refractivity contribution in [2.45, 2.75) is 27.7 Å². The first-order chi connectivity index (χ1) is 17.8. The Hall–Kier alpha value is -4.71. The van der Waals surface area contributed by atoms with E-state index >= 15 is 0 Å². The fourth-order valence-electron chi connectivity index (χ4n) is 4.06. The summed E-state index contributed by atoms with van der Waals surface area (Å²) in [6.45, 7) is 7.96. The van der Waals surface area contributed by atoms with Crippen molar-refractivity contribution in [3.05, 3.63) is 112 Å². The molecule has 0 aliphatic carbocycles. The number of aryl methyl sites for hydroxylation is 4. The number of hydrogen-bond donors (Lipinski definition) is 2. The van der Waals surface area contributed by atoms with E-state index in [1.807, 2.05) is 76.2 Å². The highest BCUT2D eigenvalue weighted by molar-refractivity contribution is 6.07. The first-order valence-corrected chi connectivity index (χ1v) is 12.0. The molecule has 5 aromatic rings. The van der Waals surface area contributed by atoms with Crippen LogP contribution in [0.1, 0.15) is 43.0 Å². The second kappa shape index (κ2) is 9.74. The van der Waals surface area contributed by atoms with Crippen LogP contribution >= 0.6 is 0 Å². The summed E-state index contributed by atoms with van der Waals surface area (Å²) >= 11 is 0. The lowest BCUT2D eigenvalue weighted by Gasteiger charge is -2.12. The number of aromatic nitrogens is 1. The van der Waals surface area contributed by atoms with E-state index in [9.17, 15) is 9.59 Å². The molecule has 0 aliphatic heterocycles. The van der Waals surface area contributed by atoms with Crippen LogP contribution in [0.4, 0.5) is 11.4 Å². The van der Waals surface area contributed by atoms with Crippen LogP contribution in [0.25, 0.3) is 22.6 Å². The van der Waals surface area contributed by atoms with Gasteiger partial charge >= 0.3 is 0 Å². The average molecular weight is 490 g/mol. The lowest BCUT2D eigenvalue weighted by atomic mass is 10.1. The highest BCUT2D eigenvalue weighted by Crippen LogP contribution is 2.30. The number of nitrogens with one attached hydrogen (secondary N) is 2. The molecule has 184 valence electrons. The van der Waals surface area contributed by atoms with Crippen molar-refractivity contribution in [3.8, 4) is 11.5 Å². The number of rotatable bonds is 5. The summed E-state index contributed by atoms with van der Waals surface area (Å²) in [5.74, 6) is -0.0985. The average Bonchev–Trinajstić information content (AvgIpc) is 3.31. The van der Waals surface area contributed by atoms with Gasteiger partial charge in [0.15, 0.2) is 5.58 Å². The van der Waals surface area contributed by atoms with Gasteiger partial charge in [0, 0.05) is 28.1 Å². The third-order valence-electron chi connectivity index (χ3n) is 6.53. The van der Waals surface area contributed by atoms with Crippen LogP contribution in [0, 0.1) is 27.7 Å². The Kier molecular flexibility index (Phi) is 6.32. The molecule has 0 unspecified atom stereocenters. The van der Waals surface area contributed by atoms with Crippen LogP contribution in [-0.4, -0.2) is 16.8 Å². The number of para-hydroxylation sites is 2. The summed E-state index contributed by atoms with van der Waals surface area (Å²) in [7, 11) is 0. The maximum atomic E-state index is 13.1. The van der Waals surface area contributed by atoms with Gasteiger partial charge in [0.05, 0.1) is 0 Å². The summed E-state index contributed by atoms with van der Waals surface area (Å²) in [5, 5.41) is 5.92. The molecule has 1 aromatic heterocycles. The number of anilines is 2. The van der Waals surface area contributed by atoms with Crippen molar-refractivity contribution in [3.63, 3.8) is 0 Å². The highest BCUT2D eigenvalue weighted by atomic mass is 16.3. The van der Waals surface area contributed by atoms with Crippen molar-refractivity contribution in [2.24, 2.45) is 0 Å². The fraction of sp³-hybridized carbons (Fsp3) is 0.129. The number of nitrogens with zero attached hydrogens (tertiary/aromatic N) is 1. The standard InChI is InChI=1S/C31H27N3O3/c1-18-9-11-22(13-20(18)3)29(35)32-25-15-24(31-34-27-7-5-6-8-28(27)37-31)16-26(17-25)33-30(36)23-12-10-19(2)21(4)14-23/h5-17H,1-4H3,(H,32,35)(H,33,36). The van der Waals surface area contributed by atoms with Gasteiger partial charge in [0.25, 0.3) is 11.8 Å². The number of carbonyl (C=O) groups is 2. The van der Waals surface area contributed by atoms with Gasteiger partial charge in [0.1, 0.15) is 5.52 Å². The van der Waals surface area contributed by atoms with E-state index in [-0.39, 0.29) is 11.8 Å². The predicted octanol–water partition coefficient (Wildman–Crippen LogP) is 7.23. The minimum Gasteiger partial charge on any atom is -0.436 e. The zero-order chi connectivity index (χ0) is 26.1. The van der Waals surface area contributed by atoms with Crippen molar-refractivity contribution in [1.82, 2.24) is 4.98 Å². The van der Waals surface area contributed by atoms with E-state index in [1.54, 1.807) is 30.3 Å². The first kappa shape index (κ1) is 24.0. The molecule has 0 saturated heterocycles. The number of fused-ring (bicyclic) bond motifs is 1. The third kappa shape index (κ3) is 5.14. The van der Waals surface area contributed by atoms with Crippen LogP contribution in [0.2, 0.25) is 0 Å². The molecule has 37 heavy (non-hydrogen) atoms. The van der Waals surface area contributed by atoms with E-state index < -0.39 is 0 Å². The topological polar surface area (TPSA) is 84.2 Å². The van der Waals surface area contributed by atoms with Crippen LogP contribution in [0.15, 0.2) is 83.3 Å². The molecule has 2 N–H and O–H groups in total. The molecule has 0 aliphatic rings. The molecule has 0 atom stereocenters. The third-order valence-corrected chi connectivity index (χ3v) is 6.53. The van der Waals surface area contributed by atoms with Crippen molar-refractivity contribution in [2.75, 3.05) is 10.6 Å². The molecule has 0 radical (unpaired) electrons. The van der Waals surface area contributed by atoms with Crippen molar-refractivity contribution >= 4 is 34.3 Å². The largest absolute Gasteiger partial charge is 0.436 e. The molecule has 1 heterocycles. The first-order valence-electron chi connectivity index (χ1n) is 12.0. The lowest BCUT2D eigenvalue weighted by Crippen LogP contribution is -2.14. The van der Waals surface area contributed by atoms with Gasteiger partial charge in [-0.15, -0.1) is 0 Å². The Balaban J connectivity index is 1.51. The molecule has 2 amide bonds. The molecular formula is C31H27N3O3. The van der Waals surface area contributed by atoms with Crippen LogP contribution in [-0.2, 0) is 0 Å². The summed E-state index contributed by atoms with van der Waals surface area (Å²) in [6.07, 6.45) is 0. The number of oxazole rings is 1. The number of carbonyl (C=O) groups excluding carboxylic acids is 2. The SMILES string of the molecule is Cc1ccc(C(=O)Nc2cc(NC(=O)c3ccc(C)c(C)c3)cc(-c3nc4ccccc4o3)c2)cc1C. The van der Waals surface area contributed by atoms with E-state index in [4.69, 9.17) is 4.42 Å². The molecular weight excluding hydrogens is 462 g/mol. The lowest BCUT2D eigenvalue weighted by molar-refractivity contribution is 0.101. The van der Waals surface area contributed by atoms with Crippen LogP contribution in [0.5, 0.6) is 0 Å². The molecule has 0 bridgehead atoms. The molecule has 5 rings (SSSR count). The molecule has 0 spiro atoms. The molecule has 4 aromatic carbocycles. The molecule has 6 nitrogen and oxygen atoms in total. The Bertz CT molecular complexity index is 1550. The van der Waals surface area contributed by atoms with Gasteiger partial charge in [-0.2, -0.15) is 0 Å². The fourth-order valence-corrected chi connectivity index (χ4v) is 4.06. The Morgan fingerprint density at radius 3 is 1.70 bits per heavy atom. The van der Waals surface area contributed by atoms with E-state index in [2.05, 4.69) is 15.6 Å². The van der Waals surface area contributed by atoms with Gasteiger partial charge in [0.2, 0.25) is 5.89 Å². The minimum atomic E-state index is -0.246. The highest BCUT2D eigenvalue weighted by Gasteiger charge is 2.15. The van der Waals surface area contributed by atoms with Crippen LogP contribution in [0.3, 0.4) is 0 Å². The summed E-state index contributed by atoms with van der Waals surface area (Å²) in [6, 6.07) is 24.0. The monoisotopic (exact) mass is 489 g/mol. The maximum absolute atomic E-state index is 13.1. The second-order valence-corrected chi connectivity index (χ2v) is 9.29. The number of amides is 2. The summed E-state index contributed by atoms with van der Waals surface area (Å²) in [5.41, 5.74) is 8.44. The summed E-state index contributed by atoms with van der Waals surface area (Å²) < 4.78 is 5.96. The Labute approximate surface area is 215 Å². The van der Waals surface area contributed by atoms with Gasteiger partial charge in [-0.3, -0.25) is 9.59 Å². The minimum absolute atomic E-state index is 0.246. The van der Waals surface area contributed by atoms with Crippen LogP contribution < -0.4 is 10.6 Å². The second-order valence-electron chi connectivity index (χ2n) is 9.29. The Morgan fingerprint density at radius 2 is 1.19 bits per heavy atom. The molecule has 0 saturated carbocycles. The molecule has 0 fully saturated rings. The number of benzene rings is 4. The van der Waals surface area contributed by atoms with Crippen molar-refractivity contribution in [1.29, 1.82) is 0 Å². The van der Waals surface area contributed by atoms with Gasteiger partial charge in [-0.1, -0.05) is 24.3 Å². The predicted molar refractivity (Wildman–Crippen MR) is 147 cm³/mol. The van der Waals surface area contributed by atoms with Gasteiger partial charge < -0.3 is 15.1 Å². The maximum Gasteiger partial charge on any atom is 0.255 e. The molecule has 6 heteroatoms. The van der Waals surface area contributed by atoms with Crippen molar-refractivity contribution < 1.29 is 14.0 Å². The van der Waals surface area contributed by atoms with E-state index in [0.29, 0.717) is 39.5 Å². The zero-order valence-electron chi connectivity index (χ0n) is 21.2. The van der Waals surface area contributed by atoms with E-state index in [1.165, 1.54) is 0 Å². The van der Waals surface area contributed by atoms with Gasteiger partial charge in [-0.05, 0) is 105 Å². The quantitative estimate of drug-likeness (QED) is 0.273. The zero-order valence-corrected chi connectivity index (χ0v) is 21.2. The number of hydrogen-bond acceptors (Lipinski definition) is 4. The van der Waals surface area contributed by atoms with Gasteiger partial charge in [-0.25, -0.2) is 4.98 Å². The normalized spacial score (nSPS) is 10.9. The Morgan fingerprint density at radius 1 is 0.649 bits per heavy atom.